The number of allylic oxidation sites excluding steroid dienone is 5. The summed E-state index contributed by atoms with van der Waals surface area (Å²) in [6, 6.07) is 0. The molecule has 0 aliphatic carbocycles. The molecule has 300 valence electrons. The number of carbonyl (C=O) groups excluding carboxylic acids is 4. The van der Waals surface area contributed by atoms with Crippen LogP contribution in [0.1, 0.15) is 82.1 Å². The molecule has 0 saturated carbocycles. The van der Waals surface area contributed by atoms with Crippen LogP contribution in [-0.2, 0) is 42.9 Å². The van der Waals surface area contributed by atoms with Crippen molar-refractivity contribution in [2.45, 2.75) is 124 Å². The molecule has 0 radical (unpaired) electrons. The molecule has 0 bridgehead atoms. The molecule has 0 aromatic carbocycles. The standard InChI is InChI=1S/C42H60O12/c1-22(2)38-28(8)33(51-34(43)16-15-31-20-35(44)52-41(31)48)21-42(49,54-38)30(10)37(46)29(9)39-32(50-11)14-12-13-23(3)17-25(5)36(45)26(6)18-24(4)19-27(7)40(47)53-39/h12-16,18-20,22,25-26,28-30,32-33,36-39,45-46,49H,17,21H2,1-11H3. The van der Waals surface area contributed by atoms with E-state index in [4.69, 9.17) is 18.9 Å². The van der Waals surface area contributed by atoms with Crippen LogP contribution in [0.2, 0.25) is 0 Å². The molecule has 1 fully saturated rings. The molecule has 12 nitrogen and oxygen atoms in total. The molecule has 3 aliphatic rings. The lowest BCUT2D eigenvalue weighted by atomic mass is 9.76. The van der Waals surface area contributed by atoms with Crippen LogP contribution < -0.4 is 0 Å². The number of ether oxygens (including phenoxy) is 5. The Morgan fingerprint density at radius 3 is 2.28 bits per heavy atom. The predicted octanol–water partition coefficient (Wildman–Crippen LogP) is 5.23. The number of esters is 4. The number of aliphatic hydroxyl groups is 3. The van der Waals surface area contributed by atoms with Gasteiger partial charge in [0.25, 0.3) is 0 Å². The van der Waals surface area contributed by atoms with Gasteiger partial charge >= 0.3 is 23.9 Å². The van der Waals surface area contributed by atoms with Crippen molar-refractivity contribution in [3.8, 4) is 0 Å². The number of carbonyl (C=O) groups is 4. The van der Waals surface area contributed by atoms with E-state index in [9.17, 15) is 34.5 Å². The van der Waals surface area contributed by atoms with Crippen molar-refractivity contribution in [1.82, 2.24) is 0 Å². The molecule has 3 heterocycles. The lowest BCUT2D eigenvalue weighted by molar-refractivity contribution is -0.329. The first-order valence-corrected chi connectivity index (χ1v) is 18.8. The van der Waals surface area contributed by atoms with Gasteiger partial charge in [0.05, 0.1) is 23.9 Å². The minimum absolute atomic E-state index is 0.0211. The molecule has 3 rings (SSSR count). The van der Waals surface area contributed by atoms with E-state index in [1.54, 1.807) is 39.0 Å². The predicted molar refractivity (Wildman–Crippen MR) is 201 cm³/mol. The molecule has 0 aromatic rings. The Bertz CT molecular complexity index is 1570. The first kappa shape index (κ1) is 44.7. The topological polar surface area (TPSA) is 175 Å². The van der Waals surface area contributed by atoms with Gasteiger partial charge in [0.2, 0.25) is 0 Å². The van der Waals surface area contributed by atoms with Gasteiger partial charge in [0.15, 0.2) is 5.79 Å². The van der Waals surface area contributed by atoms with Crippen LogP contribution in [0.4, 0.5) is 0 Å². The monoisotopic (exact) mass is 756 g/mol. The summed E-state index contributed by atoms with van der Waals surface area (Å²) in [6.07, 6.45) is 7.52. The van der Waals surface area contributed by atoms with E-state index in [0.717, 1.165) is 29.4 Å². The van der Waals surface area contributed by atoms with Gasteiger partial charge in [0, 0.05) is 54.9 Å². The summed E-state index contributed by atoms with van der Waals surface area (Å²) in [5, 5.41) is 35.1. The Kier molecular flexibility index (Phi) is 15.9. The van der Waals surface area contributed by atoms with Crippen LogP contribution in [0, 0.1) is 35.5 Å². The Labute approximate surface area is 319 Å². The fourth-order valence-corrected chi connectivity index (χ4v) is 7.53. The molecule has 12 atom stereocenters. The molecule has 3 N–H and O–H groups in total. The van der Waals surface area contributed by atoms with Gasteiger partial charge in [-0.05, 0) is 51.2 Å². The molecule has 0 amide bonds. The summed E-state index contributed by atoms with van der Waals surface area (Å²) in [7, 11) is 1.48. The third kappa shape index (κ3) is 11.4. The third-order valence-corrected chi connectivity index (χ3v) is 10.8. The zero-order valence-corrected chi connectivity index (χ0v) is 33.5. The largest absolute Gasteiger partial charge is 0.459 e. The van der Waals surface area contributed by atoms with E-state index in [1.165, 1.54) is 7.11 Å². The highest BCUT2D eigenvalue weighted by Gasteiger charge is 2.53. The average molecular weight is 757 g/mol. The summed E-state index contributed by atoms with van der Waals surface area (Å²) in [5.74, 6) is -7.57. The van der Waals surface area contributed by atoms with Crippen LogP contribution in [0.3, 0.4) is 0 Å². The van der Waals surface area contributed by atoms with E-state index in [0.29, 0.717) is 12.0 Å². The maximum Gasteiger partial charge on any atom is 0.346 e. The van der Waals surface area contributed by atoms with Crippen LogP contribution in [0.25, 0.3) is 0 Å². The first-order chi connectivity index (χ1) is 25.2. The molecular weight excluding hydrogens is 696 g/mol. The Balaban J connectivity index is 1.94. The van der Waals surface area contributed by atoms with Crippen molar-refractivity contribution >= 4 is 23.9 Å². The van der Waals surface area contributed by atoms with Gasteiger partial charge in [-0.25, -0.2) is 19.2 Å². The van der Waals surface area contributed by atoms with E-state index in [-0.39, 0.29) is 35.7 Å². The number of methoxy groups -OCH3 is 1. The molecule has 12 heteroatoms. The highest BCUT2D eigenvalue weighted by atomic mass is 16.6. The maximum atomic E-state index is 13.6. The maximum absolute atomic E-state index is 13.6. The Hall–Kier alpha value is -3.68. The van der Waals surface area contributed by atoms with Crippen LogP contribution >= 0.6 is 0 Å². The van der Waals surface area contributed by atoms with Crippen molar-refractivity contribution in [2.75, 3.05) is 7.11 Å². The summed E-state index contributed by atoms with van der Waals surface area (Å²) < 4.78 is 28.5. The number of cyclic esters (lactones) is 3. The lowest BCUT2D eigenvalue weighted by Crippen LogP contribution is -2.59. The summed E-state index contributed by atoms with van der Waals surface area (Å²) in [4.78, 5) is 49.7. The number of rotatable bonds is 9. The highest BCUT2D eigenvalue weighted by molar-refractivity contribution is 6.11. The SMILES string of the molecule is COC1C=CC=C(C)CC(C)C(O)C(C)C=C(C)C=C(C)C(=O)OC1C(C)C(O)C(C)C1(O)CC(OC(=O)C=CC2=CC(=O)OC2=O)C(C)C(C(C)C)O1. The highest BCUT2D eigenvalue weighted by Crippen LogP contribution is 2.42. The van der Waals surface area contributed by atoms with Crippen LogP contribution in [-0.4, -0.2) is 88.7 Å². The fourth-order valence-electron chi connectivity index (χ4n) is 7.53. The Morgan fingerprint density at radius 1 is 1.02 bits per heavy atom. The van der Waals surface area contributed by atoms with Crippen molar-refractivity contribution < 1.29 is 58.2 Å². The second-order valence-corrected chi connectivity index (χ2v) is 15.7. The summed E-state index contributed by atoms with van der Waals surface area (Å²) >= 11 is 0. The summed E-state index contributed by atoms with van der Waals surface area (Å²) in [6.45, 7) is 18.4. The minimum atomic E-state index is -1.98. The van der Waals surface area contributed by atoms with E-state index < -0.39 is 78.1 Å². The van der Waals surface area contributed by atoms with Crippen molar-refractivity contribution in [3.63, 3.8) is 0 Å². The number of hydrogen-bond acceptors (Lipinski definition) is 12. The van der Waals surface area contributed by atoms with Crippen LogP contribution in [0.5, 0.6) is 0 Å². The zero-order chi connectivity index (χ0) is 40.7. The molecule has 0 spiro atoms. The molecular formula is C42H60O12. The normalized spacial score (nSPS) is 33.6. The van der Waals surface area contributed by atoms with Crippen LogP contribution in [0.15, 0.2) is 70.9 Å². The zero-order valence-electron chi connectivity index (χ0n) is 33.5. The van der Waals surface area contributed by atoms with Gasteiger partial charge in [-0.2, -0.15) is 0 Å². The smallest absolute Gasteiger partial charge is 0.346 e. The molecule has 54 heavy (non-hydrogen) atoms. The molecule has 0 aromatic heterocycles. The average Bonchev–Trinajstić information content (AvgIpc) is 3.43. The van der Waals surface area contributed by atoms with Crippen molar-refractivity contribution in [3.05, 3.63) is 70.9 Å². The van der Waals surface area contributed by atoms with Gasteiger partial charge in [-0.3, -0.25) is 0 Å². The minimum Gasteiger partial charge on any atom is -0.459 e. The Morgan fingerprint density at radius 2 is 1.69 bits per heavy atom. The number of aliphatic hydroxyl groups excluding tert-OH is 2. The van der Waals surface area contributed by atoms with Gasteiger partial charge in [0.1, 0.15) is 18.3 Å². The number of hydrogen-bond donors (Lipinski definition) is 3. The van der Waals surface area contributed by atoms with Gasteiger partial charge in [-0.1, -0.05) is 83.9 Å². The van der Waals surface area contributed by atoms with Gasteiger partial charge in [-0.15, -0.1) is 0 Å². The van der Waals surface area contributed by atoms with Gasteiger partial charge < -0.3 is 39.0 Å². The molecule has 3 aliphatic heterocycles. The summed E-state index contributed by atoms with van der Waals surface area (Å²) in [5.41, 5.74) is 2.03. The quantitative estimate of drug-likeness (QED) is 0.121. The van der Waals surface area contributed by atoms with E-state index in [1.807, 2.05) is 60.6 Å². The van der Waals surface area contributed by atoms with E-state index >= 15 is 0 Å². The third-order valence-electron chi connectivity index (χ3n) is 10.8. The molecule has 12 unspecified atom stereocenters. The first-order valence-electron chi connectivity index (χ1n) is 18.8. The van der Waals surface area contributed by atoms with Crippen molar-refractivity contribution in [2.24, 2.45) is 35.5 Å². The molecule has 1 saturated heterocycles. The fraction of sp³-hybridized carbons (Fsp3) is 0.619. The van der Waals surface area contributed by atoms with Crippen molar-refractivity contribution in [1.29, 1.82) is 0 Å². The second-order valence-electron chi connectivity index (χ2n) is 15.7. The lowest BCUT2D eigenvalue weighted by Gasteiger charge is -2.50. The second kappa shape index (κ2) is 19.3. The van der Waals surface area contributed by atoms with E-state index in [2.05, 4.69) is 4.74 Å².